The first-order valence-corrected chi connectivity index (χ1v) is 6.82. The zero-order valence-corrected chi connectivity index (χ0v) is 11.7. The molecule has 6 heteroatoms. The lowest BCUT2D eigenvalue weighted by Crippen LogP contribution is -2.17. The second-order valence-electron chi connectivity index (χ2n) is 5.06. The van der Waals surface area contributed by atoms with Gasteiger partial charge in [0, 0.05) is 25.2 Å². The SMILES string of the molecule is Cc1ccc(OCc2nnc(C)o2)c(CNC2CC2)n1. The molecule has 2 heterocycles. The lowest BCUT2D eigenvalue weighted by Gasteiger charge is -2.10. The van der Waals surface area contributed by atoms with Crippen molar-refractivity contribution in [2.75, 3.05) is 0 Å². The topological polar surface area (TPSA) is 73.1 Å². The van der Waals surface area contributed by atoms with E-state index in [4.69, 9.17) is 9.15 Å². The number of ether oxygens (including phenoxy) is 1. The Morgan fingerprint density at radius 2 is 2.15 bits per heavy atom. The third-order valence-electron chi connectivity index (χ3n) is 3.13. The maximum absolute atomic E-state index is 5.75. The predicted molar refractivity (Wildman–Crippen MR) is 72.2 cm³/mol. The summed E-state index contributed by atoms with van der Waals surface area (Å²) in [4.78, 5) is 4.54. The fourth-order valence-corrected chi connectivity index (χ4v) is 1.92. The molecule has 0 aromatic carbocycles. The molecule has 6 nitrogen and oxygen atoms in total. The van der Waals surface area contributed by atoms with Crippen molar-refractivity contribution < 1.29 is 9.15 Å². The van der Waals surface area contributed by atoms with Gasteiger partial charge in [0.05, 0.1) is 5.69 Å². The molecule has 2 aromatic rings. The van der Waals surface area contributed by atoms with Gasteiger partial charge in [-0.05, 0) is 31.9 Å². The molecule has 0 bridgehead atoms. The van der Waals surface area contributed by atoms with E-state index in [0.717, 1.165) is 23.7 Å². The molecule has 0 radical (unpaired) electrons. The second kappa shape index (κ2) is 5.58. The maximum atomic E-state index is 5.75. The quantitative estimate of drug-likeness (QED) is 0.867. The molecule has 1 saturated carbocycles. The fraction of sp³-hybridized carbons (Fsp3) is 0.500. The summed E-state index contributed by atoms with van der Waals surface area (Å²) < 4.78 is 11.0. The summed E-state index contributed by atoms with van der Waals surface area (Å²) in [5, 5.41) is 11.1. The summed E-state index contributed by atoms with van der Waals surface area (Å²) in [7, 11) is 0. The fourth-order valence-electron chi connectivity index (χ4n) is 1.92. The molecule has 1 aliphatic rings. The third-order valence-corrected chi connectivity index (χ3v) is 3.13. The Kier molecular flexibility index (Phi) is 3.64. The van der Waals surface area contributed by atoms with Crippen LogP contribution in [0.1, 0.15) is 36.0 Å². The molecule has 0 unspecified atom stereocenters. The molecule has 106 valence electrons. The van der Waals surface area contributed by atoms with Crippen molar-refractivity contribution >= 4 is 0 Å². The number of aromatic nitrogens is 3. The van der Waals surface area contributed by atoms with Crippen molar-refractivity contribution in [2.45, 2.75) is 45.9 Å². The van der Waals surface area contributed by atoms with Crippen LogP contribution in [0.25, 0.3) is 0 Å². The van der Waals surface area contributed by atoms with E-state index in [2.05, 4.69) is 20.5 Å². The monoisotopic (exact) mass is 274 g/mol. The Morgan fingerprint density at radius 3 is 2.85 bits per heavy atom. The highest BCUT2D eigenvalue weighted by Gasteiger charge is 2.21. The summed E-state index contributed by atoms with van der Waals surface area (Å²) in [5.41, 5.74) is 1.91. The Balaban J connectivity index is 1.66. The van der Waals surface area contributed by atoms with Crippen LogP contribution < -0.4 is 10.1 Å². The summed E-state index contributed by atoms with van der Waals surface area (Å²) in [6.07, 6.45) is 2.51. The molecular weight excluding hydrogens is 256 g/mol. The van der Waals surface area contributed by atoms with Crippen LogP contribution in [-0.4, -0.2) is 21.2 Å². The molecule has 1 aliphatic carbocycles. The van der Waals surface area contributed by atoms with Crippen LogP contribution in [0.3, 0.4) is 0 Å². The normalized spacial score (nSPS) is 14.5. The summed E-state index contributed by atoms with van der Waals surface area (Å²) in [6, 6.07) is 4.52. The van der Waals surface area contributed by atoms with E-state index >= 15 is 0 Å². The van der Waals surface area contributed by atoms with Gasteiger partial charge >= 0.3 is 0 Å². The first kappa shape index (κ1) is 13.1. The standard InChI is InChI=1S/C14H18N4O2/c1-9-3-6-13(12(16-9)7-15-11-4-5-11)19-8-14-18-17-10(2)20-14/h3,6,11,15H,4-5,7-8H2,1-2H3. The predicted octanol–water partition coefficient (Wildman–Crippen LogP) is 1.91. The Morgan fingerprint density at radius 1 is 1.30 bits per heavy atom. The van der Waals surface area contributed by atoms with Crippen molar-refractivity contribution in [2.24, 2.45) is 0 Å². The van der Waals surface area contributed by atoms with Gasteiger partial charge in [-0.2, -0.15) is 0 Å². The van der Waals surface area contributed by atoms with Gasteiger partial charge in [0.2, 0.25) is 5.89 Å². The highest BCUT2D eigenvalue weighted by molar-refractivity contribution is 5.29. The average Bonchev–Trinajstić information content (AvgIpc) is 3.17. The van der Waals surface area contributed by atoms with Gasteiger partial charge in [-0.25, -0.2) is 0 Å². The lowest BCUT2D eigenvalue weighted by atomic mass is 10.3. The zero-order valence-electron chi connectivity index (χ0n) is 11.7. The van der Waals surface area contributed by atoms with Crippen LogP contribution in [0.15, 0.2) is 16.5 Å². The van der Waals surface area contributed by atoms with Crippen molar-refractivity contribution in [1.29, 1.82) is 0 Å². The van der Waals surface area contributed by atoms with Gasteiger partial charge in [0.25, 0.3) is 5.89 Å². The zero-order chi connectivity index (χ0) is 13.9. The minimum atomic E-state index is 0.266. The minimum Gasteiger partial charge on any atom is -0.482 e. The lowest BCUT2D eigenvalue weighted by molar-refractivity contribution is 0.256. The second-order valence-corrected chi connectivity index (χ2v) is 5.06. The van der Waals surface area contributed by atoms with Gasteiger partial charge in [0.1, 0.15) is 5.75 Å². The van der Waals surface area contributed by atoms with Gasteiger partial charge in [0.15, 0.2) is 6.61 Å². The summed E-state index contributed by atoms with van der Waals surface area (Å²) in [5.74, 6) is 1.78. The molecule has 0 saturated heterocycles. The minimum absolute atomic E-state index is 0.266. The van der Waals surface area contributed by atoms with E-state index in [0.29, 0.717) is 17.8 Å². The number of aryl methyl sites for hydroxylation is 2. The Labute approximate surface area is 117 Å². The van der Waals surface area contributed by atoms with Crippen LogP contribution in [0.4, 0.5) is 0 Å². The highest BCUT2D eigenvalue weighted by Crippen LogP contribution is 2.22. The Bertz CT molecular complexity index is 593. The number of pyridine rings is 1. The van der Waals surface area contributed by atoms with Gasteiger partial charge in [-0.1, -0.05) is 0 Å². The van der Waals surface area contributed by atoms with Gasteiger partial charge in [-0.3, -0.25) is 4.98 Å². The molecule has 1 N–H and O–H groups in total. The van der Waals surface area contributed by atoms with E-state index in [1.165, 1.54) is 12.8 Å². The molecule has 20 heavy (non-hydrogen) atoms. The molecular formula is C14H18N4O2. The van der Waals surface area contributed by atoms with Crippen LogP contribution >= 0.6 is 0 Å². The number of nitrogens with one attached hydrogen (secondary N) is 1. The third kappa shape index (κ3) is 3.33. The summed E-state index contributed by atoms with van der Waals surface area (Å²) >= 11 is 0. The maximum Gasteiger partial charge on any atom is 0.253 e. The van der Waals surface area contributed by atoms with E-state index in [1.807, 2.05) is 19.1 Å². The van der Waals surface area contributed by atoms with Crippen LogP contribution in [-0.2, 0) is 13.2 Å². The van der Waals surface area contributed by atoms with E-state index in [-0.39, 0.29) is 6.61 Å². The van der Waals surface area contributed by atoms with Crippen molar-refractivity contribution in [3.05, 3.63) is 35.3 Å². The molecule has 1 fully saturated rings. The number of rotatable bonds is 6. The largest absolute Gasteiger partial charge is 0.482 e. The Hall–Kier alpha value is -1.95. The highest BCUT2D eigenvalue weighted by atomic mass is 16.5. The van der Waals surface area contributed by atoms with Crippen LogP contribution in [0, 0.1) is 13.8 Å². The van der Waals surface area contributed by atoms with E-state index in [1.54, 1.807) is 6.92 Å². The smallest absolute Gasteiger partial charge is 0.253 e. The summed E-state index contributed by atoms with van der Waals surface area (Å²) in [6.45, 7) is 4.73. The average molecular weight is 274 g/mol. The van der Waals surface area contributed by atoms with Crippen LogP contribution in [0.5, 0.6) is 5.75 Å². The van der Waals surface area contributed by atoms with E-state index in [9.17, 15) is 0 Å². The number of hydrogen-bond acceptors (Lipinski definition) is 6. The first-order chi connectivity index (χ1) is 9.70. The molecule has 0 aliphatic heterocycles. The van der Waals surface area contributed by atoms with E-state index < -0.39 is 0 Å². The van der Waals surface area contributed by atoms with Crippen molar-refractivity contribution in [3.63, 3.8) is 0 Å². The number of nitrogens with zero attached hydrogens (tertiary/aromatic N) is 3. The molecule has 3 rings (SSSR count). The van der Waals surface area contributed by atoms with Gasteiger partial charge < -0.3 is 14.5 Å². The molecule has 0 amide bonds. The molecule has 0 spiro atoms. The van der Waals surface area contributed by atoms with Crippen molar-refractivity contribution in [3.8, 4) is 5.75 Å². The molecule has 2 aromatic heterocycles. The van der Waals surface area contributed by atoms with Crippen LogP contribution in [0.2, 0.25) is 0 Å². The van der Waals surface area contributed by atoms with Gasteiger partial charge in [-0.15, -0.1) is 10.2 Å². The van der Waals surface area contributed by atoms with Crippen molar-refractivity contribution in [1.82, 2.24) is 20.5 Å². The molecule has 0 atom stereocenters. The first-order valence-electron chi connectivity index (χ1n) is 6.82. The number of hydrogen-bond donors (Lipinski definition) is 1.